The Balaban J connectivity index is 1.51. The third kappa shape index (κ3) is 5.74. The molecule has 166 valence electrons. The van der Waals surface area contributed by atoms with Crippen LogP contribution in [0.3, 0.4) is 0 Å². The second-order valence-corrected chi connectivity index (χ2v) is 8.85. The van der Waals surface area contributed by atoms with E-state index in [1.54, 1.807) is 0 Å². The molecule has 0 saturated carbocycles. The van der Waals surface area contributed by atoms with Crippen LogP contribution in [0.5, 0.6) is 5.75 Å². The number of hydrogen-bond donors (Lipinski definition) is 2. The zero-order valence-electron chi connectivity index (χ0n) is 18.7. The topological polar surface area (TPSA) is 71.0 Å². The van der Waals surface area contributed by atoms with E-state index in [1.165, 1.54) is 5.56 Å². The van der Waals surface area contributed by atoms with E-state index < -0.39 is 5.72 Å². The first kappa shape index (κ1) is 21.6. The average molecular weight is 424 g/mol. The summed E-state index contributed by atoms with van der Waals surface area (Å²) in [4.78, 5) is 17.6. The van der Waals surface area contributed by atoms with E-state index in [4.69, 9.17) is 14.6 Å². The highest BCUT2D eigenvalue weighted by atomic mass is 16.7. The van der Waals surface area contributed by atoms with Crippen molar-refractivity contribution >= 4 is 5.96 Å². The second kappa shape index (κ2) is 9.66. The molecule has 7 nitrogen and oxygen atoms in total. The Labute approximate surface area is 184 Å². The molecule has 2 N–H and O–H groups in total. The van der Waals surface area contributed by atoms with E-state index in [9.17, 15) is 0 Å². The molecule has 1 fully saturated rings. The van der Waals surface area contributed by atoms with Crippen molar-refractivity contribution in [2.45, 2.75) is 52.4 Å². The Morgan fingerprint density at radius 3 is 2.45 bits per heavy atom. The van der Waals surface area contributed by atoms with E-state index in [-0.39, 0.29) is 0 Å². The maximum atomic E-state index is 5.97. The van der Waals surface area contributed by atoms with Gasteiger partial charge in [0.2, 0.25) is 5.96 Å². The van der Waals surface area contributed by atoms with Gasteiger partial charge in [0.1, 0.15) is 5.75 Å². The first-order chi connectivity index (χ1) is 15.0. The fraction of sp³-hybridized carbons (Fsp3) is 0.500. The monoisotopic (exact) mass is 423 g/mol. The second-order valence-electron chi connectivity index (χ2n) is 8.85. The van der Waals surface area contributed by atoms with E-state index in [2.05, 4.69) is 52.7 Å². The van der Waals surface area contributed by atoms with Crippen LogP contribution in [0, 0.1) is 12.8 Å². The number of pyridine rings is 1. The summed E-state index contributed by atoms with van der Waals surface area (Å²) in [5.74, 6) is 2.19. The Kier molecular flexibility index (Phi) is 6.73. The molecule has 0 radical (unpaired) electrons. The minimum Gasteiger partial charge on any atom is -0.493 e. The number of aromatic nitrogens is 1. The van der Waals surface area contributed by atoms with Crippen LogP contribution in [-0.2, 0) is 17.9 Å². The van der Waals surface area contributed by atoms with Crippen LogP contribution >= 0.6 is 0 Å². The third-order valence-electron chi connectivity index (χ3n) is 5.55. The number of benzene rings is 1. The quantitative estimate of drug-likeness (QED) is 0.711. The smallest absolute Gasteiger partial charge is 0.222 e. The number of aryl methyl sites for hydroxylation is 1. The van der Waals surface area contributed by atoms with Crippen molar-refractivity contribution < 1.29 is 9.57 Å². The number of nitrogens with one attached hydrogen (secondary N) is 2. The SMILES string of the molecule is Cc1ccc(CN(Cc2ccc(OCC(C)C)cc2)C2=NC3(CCNCC3)ON2)cn1. The van der Waals surface area contributed by atoms with Crippen molar-refractivity contribution in [1.29, 1.82) is 0 Å². The molecule has 0 aliphatic carbocycles. The van der Waals surface area contributed by atoms with Gasteiger partial charge in [0.25, 0.3) is 0 Å². The summed E-state index contributed by atoms with van der Waals surface area (Å²) < 4.78 is 5.83. The van der Waals surface area contributed by atoms with Crippen LogP contribution in [0.15, 0.2) is 47.6 Å². The van der Waals surface area contributed by atoms with Crippen molar-refractivity contribution in [2.24, 2.45) is 10.9 Å². The lowest BCUT2D eigenvalue weighted by atomic mass is 10.0. The van der Waals surface area contributed by atoms with Gasteiger partial charge < -0.3 is 15.0 Å². The van der Waals surface area contributed by atoms with Crippen LogP contribution in [-0.4, -0.2) is 41.3 Å². The van der Waals surface area contributed by atoms with Crippen LogP contribution in [0.1, 0.15) is 43.5 Å². The standard InChI is InChI=1S/C24H33N5O2/c1-18(2)17-30-22-8-6-20(7-9-22)15-29(16-21-5-4-19(3)26-14-21)23-27-24(31-28-23)10-12-25-13-11-24/h4-9,14,18,25H,10-13,15-17H2,1-3H3,(H,27,28). The predicted octanol–water partition coefficient (Wildman–Crippen LogP) is 3.40. The Morgan fingerprint density at radius 1 is 1.06 bits per heavy atom. The maximum absolute atomic E-state index is 5.97. The van der Waals surface area contributed by atoms with Gasteiger partial charge in [-0.15, -0.1) is 0 Å². The molecule has 1 saturated heterocycles. The minimum atomic E-state index is -0.459. The molecule has 0 atom stereocenters. The summed E-state index contributed by atoms with van der Waals surface area (Å²) in [5.41, 5.74) is 6.00. The molecule has 4 rings (SSSR count). The van der Waals surface area contributed by atoms with E-state index in [0.717, 1.165) is 55.5 Å². The average Bonchev–Trinajstić information content (AvgIpc) is 3.18. The zero-order valence-corrected chi connectivity index (χ0v) is 18.7. The number of hydroxylamine groups is 1. The number of rotatable bonds is 7. The predicted molar refractivity (Wildman–Crippen MR) is 121 cm³/mol. The fourth-order valence-corrected chi connectivity index (χ4v) is 3.74. The maximum Gasteiger partial charge on any atom is 0.222 e. The minimum absolute atomic E-state index is 0.459. The summed E-state index contributed by atoms with van der Waals surface area (Å²) in [7, 11) is 0. The normalized spacial score (nSPS) is 17.5. The highest BCUT2D eigenvalue weighted by molar-refractivity contribution is 5.80. The molecule has 0 amide bonds. The molecule has 1 aromatic carbocycles. The summed E-state index contributed by atoms with van der Waals surface area (Å²) in [6.07, 6.45) is 3.67. The molecule has 7 heteroatoms. The number of aliphatic imine (C=N–C) groups is 1. The van der Waals surface area contributed by atoms with Crippen molar-refractivity contribution in [3.63, 3.8) is 0 Å². The van der Waals surface area contributed by atoms with Crippen LogP contribution < -0.4 is 15.5 Å². The molecule has 2 aliphatic rings. The number of hydrogen-bond acceptors (Lipinski definition) is 7. The van der Waals surface area contributed by atoms with E-state index in [0.29, 0.717) is 19.0 Å². The molecule has 3 heterocycles. The first-order valence-corrected chi connectivity index (χ1v) is 11.1. The lowest BCUT2D eigenvalue weighted by Crippen LogP contribution is -2.42. The summed E-state index contributed by atoms with van der Waals surface area (Å²) in [5, 5.41) is 3.38. The van der Waals surface area contributed by atoms with Gasteiger partial charge in [-0.3, -0.25) is 4.98 Å². The highest BCUT2D eigenvalue weighted by Crippen LogP contribution is 2.28. The van der Waals surface area contributed by atoms with Crippen molar-refractivity contribution in [2.75, 3.05) is 19.7 Å². The van der Waals surface area contributed by atoms with Crippen LogP contribution in [0.25, 0.3) is 0 Å². The molecule has 0 bridgehead atoms. The molecule has 1 spiro atoms. The largest absolute Gasteiger partial charge is 0.493 e. The summed E-state index contributed by atoms with van der Waals surface area (Å²) in [6, 6.07) is 12.5. The molecule has 2 aromatic rings. The van der Waals surface area contributed by atoms with Gasteiger partial charge >= 0.3 is 0 Å². The Morgan fingerprint density at radius 2 is 1.77 bits per heavy atom. The molecule has 31 heavy (non-hydrogen) atoms. The lowest BCUT2D eigenvalue weighted by Gasteiger charge is -2.28. The van der Waals surface area contributed by atoms with Crippen molar-refractivity contribution in [3.8, 4) is 5.75 Å². The first-order valence-electron chi connectivity index (χ1n) is 11.1. The van der Waals surface area contributed by atoms with Gasteiger partial charge in [0.15, 0.2) is 5.72 Å². The number of ether oxygens (including phenoxy) is 1. The number of nitrogens with zero attached hydrogens (tertiary/aromatic N) is 3. The molecule has 2 aliphatic heterocycles. The zero-order chi connectivity index (χ0) is 21.7. The van der Waals surface area contributed by atoms with Crippen molar-refractivity contribution in [1.82, 2.24) is 20.7 Å². The van der Waals surface area contributed by atoms with Crippen LogP contribution in [0.2, 0.25) is 0 Å². The van der Waals surface area contributed by atoms with Crippen molar-refractivity contribution in [3.05, 3.63) is 59.4 Å². The number of piperidine rings is 1. The van der Waals surface area contributed by atoms with Gasteiger partial charge in [0.05, 0.1) is 6.61 Å². The van der Waals surface area contributed by atoms with Gasteiger partial charge in [-0.25, -0.2) is 15.3 Å². The molecule has 1 aromatic heterocycles. The van der Waals surface area contributed by atoms with Gasteiger partial charge in [-0.2, -0.15) is 0 Å². The van der Waals surface area contributed by atoms with E-state index in [1.807, 2.05) is 31.3 Å². The summed E-state index contributed by atoms with van der Waals surface area (Å²) in [6.45, 7) is 10.3. The Bertz CT molecular complexity index is 874. The van der Waals surface area contributed by atoms with Crippen LogP contribution in [0.4, 0.5) is 0 Å². The fourth-order valence-electron chi connectivity index (χ4n) is 3.74. The van der Waals surface area contributed by atoms with Gasteiger partial charge in [-0.1, -0.05) is 32.0 Å². The number of guanidine groups is 1. The van der Waals surface area contributed by atoms with Gasteiger partial charge in [-0.05, 0) is 55.3 Å². The third-order valence-corrected chi connectivity index (χ3v) is 5.55. The molecular weight excluding hydrogens is 390 g/mol. The van der Waals surface area contributed by atoms with E-state index >= 15 is 0 Å². The highest BCUT2D eigenvalue weighted by Gasteiger charge is 2.39. The lowest BCUT2D eigenvalue weighted by molar-refractivity contribution is -0.0734. The van der Waals surface area contributed by atoms with Gasteiger partial charge in [0, 0.05) is 37.8 Å². The molecule has 0 unspecified atom stereocenters. The Hall–Kier alpha value is -2.64. The summed E-state index contributed by atoms with van der Waals surface area (Å²) >= 11 is 0. The molecular formula is C24H33N5O2.